The molecule has 0 spiro atoms. The Hall–Kier alpha value is -2.91. The van der Waals surface area contributed by atoms with Crippen molar-refractivity contribution in [2.24, 2.45) is 0 Å². The molecule has 2 aromatic carbocycles. The molecule has 7 nitrogen and oxygen atoms in total. The van der Waals surface area contributed by atoms with Gasteiger partial charge >= 0.3 is 5.97 Å². The molecule has 4 aromatic rings. The van der Waals surface area contributed by atoms with E-state index in [1.165, 1.54) is 11.8 Å². The molecule has 0 aliphatic rings. The molecule has 0 bridgehead atoms. The summed E-state index contributed by atoms with van der Waals surface area (Å²) in [6, 6.07) is 13.3. The second kappa shape index (κ2) is 9.93. The summed E-state index contributed by atoms with van der Waals surface area (Å²) in [6.45, 7) is 6.85. The minimum atomic E-state index is -0.361. The lowest BCUT2D eigenvalue weighted by molar-refractivity contribution is -0.128. The van der Waals surface area contributed by atoms with Crippen LogP contribution in [0.5, 0.6) is 0 Å². The van der Waals surface area contributed by atoms with Crippen molar-refractivity contribution in [3.05, 3.63) is 53.0 Å². The van der Waals surface area contributed by atoms with Gasteiger partial charge in [-0.25, -0.2) is 14.8 Å². The van der Waals surface area contributed by atoms with Crippen molar-refractivity contribution in [3.8, 4) is 0 Å². The van der Waals surface area contributed by atoms with E-state index >= 15 is 0 Å². The monoisotopic (exact) mass is 482 g/mol. The molecule has 1 atom stereocenters. The number of benzene rings is 2. The molecule has 0 unspecified atom stereocenters. The third-order valence-corrected chi connectivity index (χ3v) is 7.68. The first-order valence-corrected chi connectivity index (χ1v) is 12.6. The zero-order valence-electron chi connectivity index (χ0n) is 19.1. The Kier molecular flexibility index (Phi) is 6.99. The second-order valence-electron chi connectivity index (χ2n) is 7.55. The van der Waals surface area contributed by atoms with E-state index in [0.717, 1.165) is 25.9 Å². The molecule has 0 radical (unpaired) electrons. The Balaban J connectivity index is 1.48. The minimum absolute atomic E-state index is 0.00804. The summed E-state index contributed by atoms with van der Waals surface area (Å²) in [5.41, 5.74) is 3.07. The van der Waals surface area contributed by atoms with Gasteiger partial charge in [-0.2, -0.15) is 0 Å². The predicted molar refractivity (Wildman–Crippen MR) is 133 cm³/mol. The van der Waals surface area contributed by atoms with Crippen LogP contribution in [0, 0.1) is 0 Å². The van der Waals surface area contributed by atoms with Crippen LogP contribution in [0.1, 0.15) is 42.2 Å². The first-order valence-electron chi connectivity index (χ1n) is 10.8. The standard InChI is InChI=1S/C24H26N4O3S2/c1-5-28-19-12-11-16(23(30)31-6-2)13-18(19)26-24(28)32-14-21(29)27(4)15(3)22-25-17-9-7-8-10-20(17)33-22/h7-13,15H,5-6,14H2,1-4H3/t15-/m1/s1. The van der Waals surface area contributed by atoms with Gasteiger partial charge in [0.2, 0.25) is 5.91 Å². The number of imidazole rings is 1. The van der Waals surface area contributed by atoms with E-state index in [1.54, 1.807) is 35.3 Å². The normalized spacial score (nSPS) is 12.2. The molecule has 33 heavy (non-hydrogen) atoms. The second-order valence-corrected chi connectivity index (χ2v) is 9.56. The van der Waals surface area contributed by atoms with Crippen LogP contribution in [0.2, 0.25) is 0 Å². The van der Waals surface area contributed by atoms with Crippen molar-refractivity contribution in [2.75, 3.05) is 19.4 Å². The quantitative estimate of drug-likeness (QED) is 0.255. The summed E-state index contributed by atoms with van der Waals surface area (Å²) < 4.78 is 8.26. The number of amides is 1. The lowest BCUT2D eigenvalue weighted by atomic mass is 10.2. The summed E-state index contributed by atoms with van der Waals surface area (Å²) in [5.74, 6) is -0.0891. The number of thiazole rings is 1. The molecule has 0 aliphatic heterocycles. The third-order valence-electron chi connectivity index (χ3n) is 5.51. The first kappa shape index (κ1) is 23.3. The highest BCUT2D eigenvalue weighted by molar-refractivity contribution is 7.99. The molecule has 9 heteroatoms. The van der Waals surface area contributed by atoms with Crippen molar-refractivity contribution in [2.45, 2.75) is 38.5 Å². The van der Waals surface area contributed by atoms with Crippen molar-refractivity contribution in [3.63, 3.8) is 0 Å². The lowest BCUT2D eigenvalue weighted by Crippen LogP contribution is -2.31. The van der Waals surface area contributed by atoms with E-state index in [4.69, 9.17) is 4.74 Å². The Morgan fingerprint density at radius 1 is 1.15 bits per heavy atom. The zero-order valence-corrected chi connectivity index (χ0v) is 20.7. The van der Waals surface area contributed by atoms with E-state index in [-0.39, 0.29) is 23.7 Å². The van der Waals surface area contributed by atoms with Gasteiger partial charge in [0.25, 0.3) is 0 Å². The van der Waals surface area contributed by atoms with Crippen LogP contribution in [0.15, 0.2) is 47.6 Å². The van der Waals surface area contributed by atoms with Gasteiger partial charge in [-0.1, -0.05) is 23.9 Å². The van der Waals surface area contributed by atoms with Crippen molar-refractivity contribution in [1.29, 1.82) is 0 Å². The van der Waals surface area contributed by atoms with Gasteiger partial charge in [-0.05, 0) is 51.1 Å². The maximum atomic E-state index is 13.0. The van der Waals surface area contributed by atoms with Crippen LogP contribution in [0.25, 0.3) is 21.3 Å². The highest BCUT2D eigenvalue weighted by Crippen LogP contribution is 2.30. The van der Waals surface area contributed by atoms with Crippen molar-refractivity contribution >= 4 is 56.2 Å². The first-order chi connectivity index (χ1) is 15.9. The van der Waals surface area contributed by atoms with Crippen LogP contribution in [0.3, 0.4) is 0 Å². The van der Waals surface area contributed by atoms with Crippen molar-refractivity contribution < 1.29 is 14.3 Å². The maximum Gasteiger partial charge on any atom is 0.338 e. The Morgan fingerprint density at radius 3 is 2.67 bits per heavy atom. The molecule has 172 valence electrons. The molecular weight excluding hydrogens is 456 g/mol. The van der Waals surface area contributed by atoms with Gasteiger partial charge in [-0.3, -0.25) is 4.79 Å². The summed E-state index contributed by atoms with van der Waals surface area (Å²) in [6.07, 6.45) is 0. The Labute approximate surface area is 200 Å². The molecule has 0 saturated carbocycles. The maximum absolute atomic E-state index is 13.0. The fourth-order valence-electron chi connectivity index (χ4n) is 3.54. The average Bonchev–Trinajstić information content (AvgIpc) is 3.42. The third kappa shape index (κ3) is 4.74. The number of aromatic nitrogens is 3. The van der Waals surface area contributed by atoms with Gasteiger partial charge in [0.1, 0.15) is 5.01 Å². The number of rotatable bonds is 8. The van der Waals surface area contributed by atoms with Crippen LogP contribution in [0.4, 0.5) is 0 Å². The lowest BCUT2D eigenvalue weighted by Gasteiger charge is -2.23. The number of thioether (sulfide) groups is 1. The molecule has 1 amide bonds. The van der Waals surface area contributed by atoms with Gasteiger partial charge in [0.05, 0.1) is 45.2 Å². The van der Waals surface area contributed by atoms with E-state index < -0.39 is 0 Å². The number of hydrogen-bond donors (Lipinski definition) is 0. The fraction of sp³-hybridized carbons (Fsp3) is 0.333. The highest BCUT2D eigenvalue weighted by atomic mass is 32.2. The van der Waals surface area contributed by atoms with Gasteiger partial charge in [0, 0.05) is 13.6 Å². The average molecular weight is 483 g/mol. The number of carbonyl (C=O) groups excluding carboxylic acids is 2. The largest absolute Gasteiger partial charge is 0.462 e. The Morgan fingerprint density at radius 2 is 1.94 bits per heavy atom. The smallest absolute Gasteiger partial charge is 0.338 e. The summed E-state index contributed by atoms with van der Waals surface area (Å²) in [7, 11) is 1.81. The number of esters is 1. The van der Waals surface area contributed by atoms with Crippen LogP contribution in [-0.4, -0.2) is 50.7 Å². The Bertz CT molecular complexity index is 1280. The molecular formula is C24H26N4O3S2. The summed E-state index contributed by atoms with van der Waals surface area (Å²) >= 11 is 3.02. The molecule has 2 aromatic heterocycles. The SMILES string of the molecule is CCOC(=O)c1ccc2c(c1)nc(SCC(=O)N(C)[C@H](C)c1nc3ccccc3s1)n2CC. The van der Waals surface area contributed by atoms with E-state index in [1.807, 2.05) is 51.2 Å². The number of fused-ring (bicyclic) bond motifs is 2. The number of aryl methyl sites for hydroxylation is 1. The number of carbonyl (C=O) groups is 2. The topological polar surface area (TPSA) is 77.3 Å². The molecule has 2 heterocycles. The molecule has 0 saturated heterocycles. The van der Waals surface area contributed by atoms with E-state index in [2.05, 4.69) is 14.5 Å². The minimum Gasteiger partial charge on any atom is -0.462 e. The van der Waals surface area contributed by atoms with Crippen LogP contribution < -0.4 is 0 Å². The van der Waals surface area contributed by atoms with Crippen LogP contribution >= 0.6 is 23.1 Å². The molecule has 4 rings (SSSR count). The van der Waals surface area contributed by atoms with Gasteiger partial charge in [-0.15, -0.1) is 11.3 Å². The molecule has 0 N–H and O–H groups in total. The van der Waals surface area contributed by atoms with Crippen LogP contribution in [-0.2, 0) is 16.1 Å². The van der Waals surface area contributed by atoms with E-state index in [9.17, 15) is 9.59 Å². The summed E-state index contributed by atoms with van der Waals surface area (Å²) in [5, 5.41) is 1.67. The fourth-order valence-corrected chi connectivity index (χ4v) is 5.61. The number of nitrogens with zero attached hydrogens (tertiary/aromatic N) is 4. The highest BCUT2D eigenvalue weighted by Gasteiger charge is 2.22. The van der Waals surface area contributed by atoms with Crippen molar-refractivity contribution in [1.82, 2.24) is 19.4 Å². The van der Waals surface area contributed by atoms with E-state index in [0.29, 0.717) is 24.2 Å². The predicted octanol–water partition coefficient (Wildman–Crippen LogP) is 5.15. The molecule has 0 fully saturated rings. The molecule has 0 aliphatic carbocycles. The number of hydrogen-bond acceptors (Lipinski definition) is 7. The van der Waals surface area contributed by atoms with Gasteiger partial charge in [0.15, 0.2) is 5.16 Å². The number of para-hydroxylation sites is 1. The zero-order chi connectivity index (χ0) is 23.5. The number of ether oxygens (including phenoxy) is 1. The van der Waals surface area contributed by atoms with Gasteiger partial charge < -0.3 is 14.2 Å². The summed E-state index contributed by atoms with van der Waals surface area (Å²) in [4.78, 5) is 36.1.